The third-order valence-electron chi connectivity index (χ3n) is 2.79. The van der Waals surface area contributed by atoms with E-state index >= 15 is 0 Å². The van der Waals surface area contributed by atoms with Crippen molar-refractivity contribution in [3.8, 4) is 6.07 Å². The predicted molar refractivity (Wildman–Crippen MR) is 65.8 cm³/mol. The van der Waals surface area contributed by atoms with Gasteiger partial charge in [0.1, 0.15) is 5.54 Å². The molecular formula is C11H11Cl2N3. The molecule has 1 aromatic carbocycles. The van der Waals surface area contributed by atoms with E-state index in [4.69, 9.17) is 34.2 Å². The molecule has 1 atom stereocenters. The highest BCUT2D eigenvalue weighted by Gasteiger charge is 2.34. The quantitative estimate of drug-likeness (QED) is 0.839. The third kappa shape index (κ3) is 2.10. The summed E-state index contributed by atoms with van der Waals surface area (Å²) in [7, 11) is 0. The van der Waals surface area contributed by atoms with Gasteiger partial charge in [-0.05, 0) is 24.6 Å². The highest BCUT2D eigenvalue weighted by Crippen LogP contribution is 2.30. The molecule has 1 aliphatic heterocycles. The first-order chi connectivity index (χ1) is 7.54. The average Bonchev–Trinajstić information content (AvgIpc) is 2.66. The molecule has 0 aromatic heterocycles. The van der Waals surface area contributed by atoms with E-state index in [1.54, 1.807) is 12.1 Å². The van der Waals surface area contributed by atoms with Crippen LogP contribution in [0.25, 0.3) is 0 Å². The molecule has 1 aliphatic rings. The summed E-state index contributed by atoms with van der Waals surface area (Å²) < 4.78 is 0. The number of nitrogens with two attached hydrogens (primary N) is 1. The number of nitrogens with zero attached hydrogens (tertiary/aromatic N) is 2. The van der Waals surface area contributed by atoms with Crippen LogP contribution in [0, 0.1) is 11.3 Å². The Balaban J connectivity index is 2.22. The molecule has 1 fully saturated rings. The van der Waals surface area contributed by atoms with Crippen molar-refractivity contribution in [3.63, 3.8) is 0 Å². The van der Waals surface area contributed by atoms with Crippen molar-refractivity contribution >= 4 is 28.9 Å². The van der Waals surface area contributed by atoms with Gasteiger partial charge in [0, 0.05) is 18.8 Å². The molecule has 2 N–H and O–H groups in total. The summed E-state index contributed by atoms with van der Waals surface area (Å²) >= 11 is 11.8. The van der Waals surface area contributed by atoms with Gasteiger partial charge in [0.2, 0.25) is 0 Å². The maximum absolute atomic E-state index is 8.94. The summed E-state index contributed by atoms with van der Waals surface area (Å²) in [6.45, 7) is 1.30. The molecule has 0 radical (unpaired) electrons. The Morgan fingerprint density at radius 3 is 2.69 bits per heavy atom. The zero-order valence-electron chi connectivity index (χ0n) is 8.58. The molecule has 3 nitrogen and oxygen atoms in total. The van der Waals surface area contributed by atoms with Gasteiger partial charge in [-0.1, -0.05) is 23.2 Å². The SMILES string of the molecule is N#CC1(N)CCN(c2ccc(Cl)c(Cl)c2)C1. The van der Waals surface area contributed by atoms with Gasteiger partial charge < -0.3 is 10.6 Å². The number of benzene rings is 1. The lowest BCUT2D eigenvalue weighted by molar-refractivity contribution is 0.606. The molecule has 0 saturated carbocycles. The molecule has 84 valence electrons. The van der Waals surface area contributed by atoms with Crippen LogP contribution in [0.15, 0.2) is 18.2 Å². The topological polar surface area (TPSA) is 53.1 Å². The molecule has 5 heteroatoms. The van der Waals surface area contributed by atoms with Crippen molar-refractivity contribution in [1.29, 1.82) is 5.26 Å². The van der Waals surface area contributed by atoms with E-state index in [0.717, 1.165) is 12.2 Å². The second kappa shape index (κ2) is 4.14. The Morgan fingerprint density at radius 1 is 1.38 bits per heavy atom. The fourth-order valence-corrected chi connectivity index (χ4v) is 2.12. The summed E-state index contributed by atoms with van der Waals surface area (Å²) in [6, 6.07) is 7.58. The molecule has 16 heavy (non-hydrogen) atoms. The lowest BCUT2D eigenvalue weighted by Gasteiger charge is -2.20. The van der Waals surface area contributed by atoms with Crippen molar-refractivity contribution < 1.29 is 0 Å². The van der Waals surface area contributed by atoms with Gasteiger partial charge in [0.25, 0.3) is 0 Å². The van der Waals surface area contributed by atoms with Gasteiger partial charge in [-0.25, -0.2) is 0 Å². The minimum absolute atomic E-state index is 0.519. The summed E-state index contributed by atoms with van der Waals surface area (Å²) in [6.07, 6.45) is 0.670. The van der Waals surface area contributed by atoms with Crippen LogP contribution in [0.1, 0.15) is 6.42 Å². The fraction of sp³-hybridized carbons (Fsp3) is 0.364. The molecular weight excluding hydrogens is 245 g/mol. The number of halogens is 2. The van der Waals surface area contributed by atoms with Crippen molar-refractivity contribution in [2.75, 3.05) is 18.0 Å². The lowest BCUT2D eigenvalue weighted by atomic mass is 10.0. The van der Waals surface area contributed by atoms with Crippen LogP contribution < -0.4 is 10.6 Å². The van der Waals surface area contributed by atoms with E-state index in [-0.39, 0.29) is 0 Å². The second-order valence-corrected chi connectivity index (χ2v) is 4.85. The van der Waals surface area contributed by atoms with Crippen LogP contribution in [0.4, 0.5) is 5.69 Å². The first-order valence-corrected chi connectivity index (χ1v) is 5.70. The molecule has 0 bridgehead atoms. The minimum Gasteiger partial charge on any atom is -0.368 e. The van der Waals surface area contributed by atoms with E-state index < -0.39 is 5.54 Å². The second-order valence-electron chi connectivity index (χ2n) is 4.04. The predicted octanol–water partition coefficient (Wildman–Crippen LogP) is 2.42. The van der Waals surface area contributed by atoms with Gasteiger partial charge in [-0.3, -0.25) is 0 Å². The molecule has 1 unspecified atom stereocenters. The number of hydrogen-bond donors (Lipinski definition) is 1. The Labute approximate surface area is 104 Å². The van der Waals surface area contributed by atoms with Gasteiger partial charge in [0.05, 0.1) is 16.1 Å². The molecule has 0 amide bonds. The Kier molecular flexibility index (Phi) is 2.98. The van der Waals surface area contributed by atoms with E-state index in [1.807, 2.05) is 11.0 Å². The van der Waals surface area contributed by atoms with Crippen molar-refractivity contribution in [1.82, 2.24) is 0 Å². The monoisotopic (exact) mass is 255 g/mol. The Hall–Kier alpha value is -0.950. The lowest BCUT2D eigenvalue weighted by Crippen LogP contribution is -2.41. The molecule has 0 spiro atoms. The van der Waals surface area contributed by atoms with Crippen LogP contribution in [-0.4, -0.2) is 18.6 Å². The smallest absolute Gasteiger partial charge is 0.123 e. The van der Waals surface area contributed by atoms with E-state index in [0.29, 0.717) is 23.0 Å². The highest BCUT2D eigenvalue weighted by atomic mass is 35.5. The third-order valence-corrected chi connectivity index (χ3v) is 3.53. The van der Waals surface area contributed by atoms with Gasteiger partial charge in [-0.15, -0.1) is 0 Å². The van der Waals surface area contributed by atoms with Crippen LogP contribution in [0.3, 0.4) is 0 Å². The molecule has 1 aromatic rings. The summed E-state index contributed by atoms with van der Waals surface area (Å²) in [5, 5.41) is 9.99. The van der Waals surface area contributed by atoms with E-state index in [1.165, 1.54) is 0 Å². The first-order valence-electron chi connectivity index (χ1n) is 4.94. The zero-order valence-corrected chi connectivity index (χ0v) is 10.1. The summed E-state index contributed by atoms with van der Waals surface area (Å²) in [5.41, 5.74) is 6.10. The summed E-state index contributed by atoms with van der Waals surface area (Å²) in [5.74, 6) is 0. The maximum Gasteiger partial charge on any atom is 0.123 e. The molecule has 1 heterocycles. The fourth-order valence-electron chi connectivity index (χ4n) is 1.83. The van der Waals surface area contributed by atoms with Crippen molar-refractivity contribution in [3.05, 3.63) is 28.2 Å². The Morgan fingerprint density at radius 2 is 2.12 bits per heavy atom. The number of hydrogen-bond acceptors (Lipinski definition) is 3. The average molecular weight is 256 g/mol. The normalized spacial score (nSPS) is 24.5. The van der Waals surface area contributed by atoms with Crippen molar-refractivity contribution in [2.24, 2.45) is 5.73 Å². The van der Waals surface area contributed by atoms with Crippen LogP contribution >= 0.6 is 23.2 Å². The molecule has 0 aliphatic carbocycles. The highest BCUT2D eigenvalue weighted by molar-refractivity contribution is 6.42. The standard InChI is InChI=1S/C11H11Cl2N3/c12-9-2-1-8(5-10(9)13)16-4-3-11(15,6-14)7-16/h1-2,5H,3-4,7,15H2. The number of rotatable bonds is 1. The van der Waals surface area contributed by atoms with Crippen molar-refractivity contribution in [2.45, 2.75) is 12.0 Å². The maximum atomic E-state index is 8.94. The van der Waals surface area contributed by atoms with Crippen LogP contribution in [0.2, 0.25) is 10.0 Å². The molecule has 1 saturated heterocycles. The van der Waals surface area contributed by atoms with Gasteiger partial charge in [-0.2, -0.15) is 5.26 Å². The van der Waals surface area contributed by atoms with Gasteiger partial charge in [0.15, 0.2) is 0 Å². The van der Waals surface area contributed by atoms with E-state index in [2.05, 4.69) is 6.07 Å². The number of anilines is 1. The minimum atomic E-state index is -0.744. The van der Waals surface area contributed by atoms with E-state index in [9.17, 15) is 0 Å². The first kappa shape index (κ1) is 11.5. The van der Waals surface area contributed by atoms with Crippen LogP contribution in [0.5, 0.6) is 0 Å². The zero-order chi connectivity index (χ0) is 11.8. The van der Waals surface area contributed by atoms with Gasteiger partial charge >= 0.3 is 0 Å². The van der Waals surface area contributed by atoms with Crippen LogP contribution in [-0.2, 0) is 0 Å². The Bertz CT molecular complexity index is 455. The summed E-state index contributed by atoms with van der Waals surface area (Å²) in [4.78, 5) is 2.05. The molecule has 2 rings (SSSR count). The number of nitriles is 1. The largest absolute Gasteiger partial charge is 0.368 e.